The first-order valence-electron chi connectivity index (χ1n) is 8.55. The van der Waals surface area contributed by atoms with Gasteiger partial charge in [-0.05, 0) is 11.1 Å². The number of hydrogen-bond donors (Lipinski definition) is 3. The van der Waals surface area contributed by atoms with E-state index in [2.05, 4.69) is 10.6 Å². The van der Waals surface area contributed by atoms with E-state index in [9.17, 15) is 19.5 Å². The van der Waals surface area contributed by atoms with Crippen molar-refractivity contribution in [2.45, 2.75) is 25.5 Å². The number of nitrogens with one attached hydrogen (secondary N) is 2. The molecule has 2 rings (SSSR count). The van der Waals surface area contributed by atoms with Crippen molar-refractivity contribution in [3.63, 3.8) is 0 Å². The third kappa shape index (κ3) is 7.60. The lowest BCUT2D eigenvalue weighted by Crippen LogP contribution is -2.43. The van der Waals surface area contributed by atoms with Crippen molar-refractivity contribution < 1.29 is 24.2 Å². The van der Waals surface area contributed by atoms with Crippen molar-refractivity contribution in [3.8, 4) is 0 Å². The van der Waals surface area contributed by atoms with Crippen LogP contribution >= 0.6 is 0 Å². The molecule has 3 N–H and O–H groups in total. The van der Waals surface area contributed by atoms with E-state index in [1.54, 1.807) is 24.3 Å². The van der Waals surface area contributed by atoms with Crippen molar-refractivity contribution in [3.05, 3.63) is 71.8 Å². The number of carbonyl (C=O) groups excluding carboxylic acids is 2. The molecule has 0 aliphatic heterocycles. The van der Waals surface area contributed by atoms with Gasteiger partial charge in [0, 0.05) is 19.4 Å². The zero-order valence-electron chi connectivity index (χ0n) is 14.8. The molecule has 142 valence electrons. The van der Waals surface area contributed by atoms with Crippen molar-refractivity contribution in [1.29, 1.82) is 0 Å². The van der Waals surface area contributed by atoms with Gasteiger partial charge in [-0.3, -0.25) is 4.79 Å². The number of benzene rings is 2. The number of carboxylic acid groups (broad SMARTS) is 1. The zero-order chi connectivity index (χ0) is 19.5. The predicted octanol–water partition coefficient (Wildman–Crippen LogP) is 2.12. The van der Waals surface area contributed by atoms with E-state index in [4.69, 9.17) is 4.74 Å². The highest BCUT2D eigenvalue weighted by Gasteiger charge is 2.20. The van der Waals surface area contributed by atoms with Crippen LogP contribution in [-0.2, 0) is 27.4 Å². The van der Waals surface area contributed by atoms with Crippen molar-refractivity contribution in [2.24, 2.45) is 0 Å². The Hall–Kier alpha value is -3.35. The number of amides is 2. The van der Waals surface area contributed by atoms with Crippen LogP contribution in [-0.4, -0.2) is 35.7 Å². The molecule has 0 aromatic heterocycles. The summed E-state index contributed by atoms with van der Waals surface area (Å²) in [5, 5.41) is 14.2. The van der Waals surface area contributed by atoms with E-state index in [1.807, 2.05) is 36.4 Å². The highest BCUT2D eigenvalue weighted by Crippen LogP contribution is 2.04. The second-order valence-electron chi connectivity index (χ2n) is 5.89. The third-order valence-electron chi connectivity index (χ3n) is 3.75. The van der Waals surface area contributed by atoms with Crippen molar-refractivity contribution >= 4 is 18.0 Å². The topological polar surface area (TPSA) is 105 Å². The smallest absolute Gasteiger partial charge is 0.407 e. The molecule has 0 heterocycles. The molecule has 2 amide bonds. The summed E-state index contributed by atoms with van der Waals surface area (Å²) < 4.78 is 5.03. The molecule has 2 aromatic carbocycles. The van der Waals surface area contributed by atoms with Crippen LogP contribution in [0.4, 0.5) is 4.79 Å². The molecule has 0 saturated heterocycles. The summed E-state index contributed by atoms with van der Waals surface area (Å²) in [5.41, 5.74) is 1.67. The van der Waals surface area contributed by atoms with Crippen molar-refractivity contribution in [1.82, 2.24) is 10.6 Å². The van der Waals surface area contributed by atoms with Gasteiger partial charge in [-0.15, -0.1) is 0 Å². The number of rotatable bonds is 9. The molecular formula is C20H22N2O5. The summed E-state index contributed by atoms with van der Waals surface area (Å²) in [6, 6.07) is 17.2. The van der Waals surface area contributed by atoms with E-state index < -0.39 is 24.0 Å². The van der Waals surface area contributed by atoms with Gasteiger partial charge < -0.3 is 20.5 Å². The number of ether oxygens (including phenoxy) is 1. The van der Waals surface area contributed by atoms with Crippen LogP contribution in [0.1, 0.15) is 17.5 Å². The lowest BCUT2D eigenvalue weighted by molar-refractivity contribution is -0.141. The van der Waals surface area contributed by atoms with Crippen LogP contribution < -0.4 is 10.6 Å². The summed E-state index contributed by atoms with van der Waals surface area (Å²) >= 11 is 0. The average Bonchev–Trinajstić information content (AvgIpc) is 2.67. The Morgan fingerprint density at radius 1 is 0.926 bits per heavy atom. The maximum Gasteiger partial charge on any atom is 0.407 e. The molecule has 7 nitrogen and oxygen atoms in total. The van der Waals surface area contributed by atoms with E-state index in [0.717, 1.165) is 11.1 Å². The normalized spacial score (nSPS) is 11.3. The maximum atomic E-state index is 11.9. The quantitative estimate of drug-likeness (QED) is 0.627. The highest BCUT2D eigenvalue weighted by molar-refractivity contribution is 5.84. The first-order valence-corrected chi connectivity index (χ1v) is 8.55. The molecule has 27 heavy (non-hydrogen) atoms. The Morgan fingerprint density at radius 2 is 1.52 bits per heavy atom. The van der Waals surface area contributed by atoms with Crippen LogP contribution in [0.15, 0.2) is 60.7 Å². The van der Waals surface area contributed by atoms with Crippen LogP contribution in [0, 0.1) is 0 Å². The first-order chi connectivity index (χ1) is 13.0. The Morgan fingerprint density at radius 3 is 2.11 bits per heavy atom. The fourth-order valence-corrected chi connectivity index (χ4v) is 2.37. The maximum absolute atomic E-state index is 11.9. The largest absolute Gasteiger partial charge is 0.480 e. The van der Waals surface area contributed by atoms with Gasteiger partial charge in [0.1, 0.15) is 12.6 Å². The second kappa shape index (κ2) is 10.6. The molecule has 0 fully saturated rings. The van der Waals surface area contributed by atoms with Crippen molar-refractivity contribution in [2.75, 3.05) is 6.54 Å². The minimum absolute atomic E-state index is 0.0427. The fraction of sp³-hybridized carbons (Fsp3) is 0.250. The molecule has 0 bridgehead atoms. The number of alkyl carbamates (subject to hydrolysis) is 1. The van der Waals surface area contributed by atoms with E-state index in [1.165, 1.54) is 0 Å². The molecule has 0 radical (unpaired) electrons. The Balaban J connectivity index is 1.69. The summed E-state index contributed by atoms with van der Waals surface area (Å²) in [6.45, 7) is 0.189. The van der Waals surface area contributed by atoms with Crippen LogP contribution in [0.2, 0.25) is 0 Å². The van der Waals surface area contributed by atoms with Gasteiger partial charge in [-0.1, -0.05) is 60.7 Å². The molecule has 7 heteroatoms. The van der Waals surface area contributed by atoms with Gasteiger partial charge in [0.15, 0.2) is 0 Å². The fourth-order valence-electron chi connectivity index (χ4n) is 2.37. The van der Waals surface area contributed by atoms with Crippen LogP contribution in [0.25, 0.3) is 0 Å². The summed E-state index contributed by atoms with van der Waals surface area (Å²) in [6.07, 6.45) is -0.487. The molecule has 1 atom stereocenters. The lowest BCUT2D eigenvalue weighted by Gasteiger charge is -2.15. The summed E-state index contributed by atoms with van der Waals surface area (Å²) in [7, 11) is 0. The van der Waals surface area contributed by atoms with Gasteiger partial charge in [0.2, 0.25) is 5.91 Å². The molecule has 0 saturated carbocycles. The monoisotopic (exact) mass is 370 g/mol. The number of carboxylic acids is 1. The van der Waals surface area contributed by atoms with E-state index in [0.29, 0.717) is 0 Å². The van der Waals surface area contributed by atoms with Gasteiger partial charge >= 0.3 is 12.1 Å². The second-order valence-corrected chi connectivity index (χ2v) is 5.89. The molecule has 0 aliphatic rings. The standard InChI is InChI=1S/C20H22N2O5/c23-18(22-17(19(24)25)13-15-7-3-1-4-8-15)11-12-21-20(26)27-14-16-9-5-2-6-10-16/h1-10,17H,11-14H2,(H,21,26)(H,22,23)(H,24,25)/t17-/m1/s1. The first kappa shape index (κ1) is 20.0. The summed E-state index contributed by atoms with van der Waals surface area (Å²) in [4.78, 5) is 34.9. The molecule has 0 unspecified atom stereocenters. The van der Waals surface area contributed by atoms with E-state index in [-0.39, 0.29) is 26.0 Å². The Bertz CT molecular complexity index is 749. The lowest BCUT2D eigenvalue weighted by atomic mass is 10.1. The molecule has 2 aromatic rings. The minimum atomic E-state index is -1.11. The molecule has 0 aliphatic carbocycles. The van der Waals surface area contributed by atoms with Crippen LogP contribution in [0.5, 0.6) is 0 Å². The molecular weight excluding hydrogens is 348 g/mol. The van der Waals surface area contributed by atoms with Gasteiger partial charge in [-0.2, -0.15) is 0 Å². The number of aliphatic carboxylic acids is 1. The summed E-state index contributed by atoms with van der Waals surface area (Å²) in [5.74, 6) is -1.57. The van der Waals surface area contributed by atoms with E-state index >= 15 is 0 Å². The Kier molecular flexibility index (Phi) is 7.84. The number of hydrogen-bond acceptors (Lipinski definition) is 4. The minimum Gasteiger partial charge on any atom is -0.480 e. The predicted molar refractivity (Wildman–Crippen MR) is 99.0 cm³/mol. The van der Waals surface area contributed by atoms with Gasteiger partial charge in [0.05, 0.1) is 0 Å². The van der Waals surface area contributed by atoms with Crippen LogP contribution in [0.3, 0.4) is 0 Å². The zero-order valence-corrected chi connectivity index (χ0v) is 14.8. The average molecular weight is 370 g/mol. The molecule has 0 spiro atoms. The van der Waals surface area contributed by atoms with Gasteiger partial charge in [-0.25, -0.2) is 9.59 Å². The van der Waals surface area contributed by atoms with Gasteiger partial charge in [0.25, 0.3) is 0 Å². The SMILES string of the molecule is O=C(CCNC(=O)OCc1ccccc1)N[C@H](Cc1ccccc1)C(=O)O. The highest BCUT2D eigenvalue weighted by atomic mass is 16.5. The number of carbonyl (C=O) groups is 3. The third-order valence-corrected chi connectivity index (χ3v) is 3.75. The Labute approximate surface area is 157 Å².